The van der Waals surface area contributed by atoms with Gasteiger partial charge in [-0.3, -0.25) is 4.84 Å². The Morgan fingerprint density at radius 2 is 1.93 bits per heavy atom. The van der Waals surface area contributed by atoms with Gasteiger partial charge in [-0.05, 0) is 23.8 Å². The highest BCUT2D eigenvalue weighted by Crippen LogP contribution is 2.30. The standard InChI is InChI=1S/C22H18F2N4O2/c23-21(24)27-15-17(14-25-27)10-9-16-5-4-8-19(13-16)26-22(29)28-20(11-12-30-28)18-6-2-1-3-7-18/h1-8,13-15,20-21H,11-12H2,(H,26,29)/t20-/m0/s1. The largest absolute Gasteiger partial charge is 0.346 e. The number of amides is 2. The van der Waals surface area contributed by atoms with E-state index in [4.69, 9.17) is 4.84 Å². The highest BCUT2D eigenvalue weighted by atomic mass is 19.3. The van der Waals surface area contributed by atoms with E-state index in [0.29, 0.717) is 28.1 Å². The molecule has 1 fully saturated rings. The molecule has 1 aromatic heterocycles. The molecule has 1 aliphatic heterocycles. The van der Waals surface area contributed by atoms with Crippen molar-refractivity contribution in [2.75, 3.05) is 11.9 Å². The van der Waals surface area contributed by atoms with Crippen LogP contribution in [-0.2, 0) is 4.84 Å². The van der Waals surface area contributed by atoms with Crippen LogP contribution >= 0.6 is 0 Å². The number of aromatic nitrogens is 2. The summed E-state index contributed by atoms with van der Waals surface area (Å²) in [6.07, 6.45) is 3.17. The highest BCUT2D eigenvalue weighted by Gasteiger charge is 2.31. The van der Waals surface area contributed by atoms with Gasteiger partial charge in [-0.2, -0.15) is 18.9 Å². The van der Waals surface area contributed by atoms with Gasteiger partial charge in [-0.1, -0.05) is 48.2 Å². The van der Waals surface area contributed by atoms with Crippen LogP contribution in [0.1, 0.15) is 35.7 Å². The smallest absolute Gasteiger partial charge is 0.306 e. The molecule has 0 saturated carbocycles. The Bertz CT molecular complexity index is 1090. The van der Waals surface area contributed by atoms with Crippen LogP contribution in [0.5, 0.6) is 0 Å². The van der Waals surface area contributed by atoms with Crippen molar-refractivity contribution in [2.24, 2.45) is 0 Å². The normalized spacial score (nSPS) is 15.7. The van der Waals surface area contributed by atoms with Gasteiger partial charge >= 0.3 is 12.6 Å². The number of hydrogen-bond donors (Lipinski definition) is 1. The molecule has 2 amide bonds. The maximum absolute atomic E-state index is 12.7. The van der Waals surface area contributed by atoms with Gasteiger partial charge in [-0.15, -0.1) is 0 Å². The molecule has 152 valence electrons. The summed E-state index contributed by atoms with van der Waals surface area (Å²) in [5.74, 6) is 5.67. The lowest BCUT2D eigenvalue weighted by Gasteiger charge is -2.23. The molecule has 6 nitrogen and oxygen atoms in total. The number of rotatable bonds is 3. The average molecular weight is 408 g/mol. The van der Waals surface area contributed by atoms with Gasteiger partial charge in [0.2, 0.25) is 0 Å². The van der Waals surface area contributed by atoms with Gasteiger partial charge < -0.3 is 5.32 Å². The summed E-state index contributed by atoms with van der Waals surface area (Å²) in [4.78, 5) is 18.3. The summed E-state index contributed by atoms with van der Waals surface area (Å²) in [7, 11) is 0. The summed E-state index contributed by atoms with van der Waals surface area (Å²) in [6.45, 7) is -2.24. The first-order valence-corrected chi connectivity index (χ1v) is 9.32. The first-order chi connectivity index (χ1) is 14.6. The molecule has 2 heterocycles. The van der Waals surface area contributed by atoms with Crippen LogP contribution in [0.15, 0.2) is 67.0 Å². The van der Waals surface area contributed by atoms with Crippen LogP contribution in [-0.4, -0.2) is 27.5 Å². The van der Waals surface area contributed by atoms with Crippen molar-refractivity contribution < 1.29 is 18.4 Å². The molecule has 8 heteroatoms. The number of carbonyl (C=O) groups excluding carboxylic acids is 1. The summed E-state index contributed by atoms with van der Waals surface area (Å²) in [6, 6.07) is 16.1. The van der Waals surface area contributed by atoms with Crippen molar-refractivity contribution in [3.8, 4) is 11.8 Å². The lowest BCUT2D eigenvalue weighted by atomic mass is 10.1. The van der Waals surface area contributed by atoms with Gasteiger partial charge in [0.05, 0.1) is 24.4 Å². The molecule has 2 aromatic carbocycles. The van der Waals surface area contributed by atoms with Crippen LogP contribution in [0.4, 0.5) is 19.3 Å². The maximum atomic E-state index is 12.7. The molecule has 4 rings (SSSR count). The van der Waals surface area contributed by atoms with Crippen LogP contribution in [0.3, 0.4) is 0 Å². The fourth-order valence-corrected chi connectivity index (χ4v) is 3.15. The summed E-state index contributed by atoms with van der Waals surface area (Å²) in [5, 5.41) is 7.72. The van der Waals surface area contributed by atoms with Crippen molar-refractivity contribution in [1.29, 1.82) is 0 Å². The van der Waals surface area contributed by atoms with E-state index in [9.17, 15) is 13.6 Å². The zero-order valence-corrected chi connectivity index (χ0v) is 15.8. The Hall–Kier alpha value is -3.70. The van der Waals surface area contributed by atoms with E-state index >= 15 is 0 Å². The molecule has 0 bridgehead atoms. The van der Waals surface area contributed by atoms with Crippen molar-refractivity contribution in [3.63, 3.8) is 0 Å². The number of urea groups is 1. The summed E-state index contributed by atoms with van der Waals surface area (Å²) < 4.78 is 25.7. The summed E-state index contributed by atoms with van der Waals surface area (Å²) >= 11 is 0. The van der Waals surface area contributed by atoms with Gasteiger partial charge in [0, 0.05) is 23.9 Å². The Labute approximate surface area is 172 Å². The van der Waals surface area contributed by atoms with E-state index in [2.05, 4.69) is 22.3 Å². The van der Waals surface area contributed by atoms with E-state index in [-0.39, 0.29) is 12.1 Å². The molecule has 0 radical (unpaired) electrons. The van der Waals surface area contributed by atoms with Gasteiger partial charge in [0.1, 0.15) is 0 Å². The van der Waals surface area contributed by atoms with E-state index in [1.54, 1.807) is 24.3 Å². The lowest BCUT2D eigenvalue weighted by molar-refractivity contribution is -0.0829. The third-order valence-corrected chi connectivity index (χ3v) is 4.56. The fourth-order valence-electron chi connectivity index (χ4n) is 3.15. The van der Waals surface area contributed by atoms with E-state index in [0.717, 1.165) is 12.0 Å². The Kier molecular flexibility index (Phi) is 5.72. The maximum Gasteiger partial charge on any atom is 0.346 e. The number of carbonyl (C=O) groups is 1. The van der Waals surface area contributed by atoms with Crippen LogP contribution in [0, 0.1) is 11.8 Å². The Balaban J connectivity index is 1.45. The molecule has 0 spiro atoms. The minimum atomic E-state index is -2.70. The number of hydrogen-bond acceptors (Lipinski definition) is 3. The number of alkyl halides is 2. The van der Waals surface area contributed by atoms with Crippen LogP contribution < -0.4 is 5.32 Å². The van der Waals surface area contributed by atoms with Crippen molar-refractivity contribution in [3.05, 3.63) is 83.7 Å². The Morgan fingerprint density at radius 3 is 2.70 bits per heavy atom. The van der Waals surface area contributed by atoms with Crippen molar-refractivity contribution >= 4 is 11.7 Å². The molecule has 1 N–H and O–H groups in total. The topological polar surface area (TPSA) is 59.4 Å². The average Bonchev–Trinajstić information content (AvgIpc) is 3.43. The second kappa shape index (κ2) is 8.76. The molecule has 1 saturated heterocycles. The highest BCUT2D eigenvalue weighted by molar-refractivity contribution is 5.89. The molecule has 30 heavy (non-hydrogen) atoms. The zero-order chi connectivity index (χ0) is 20.9. The zero-order valence-electron chi connectivity index (χ0n) is 15.8. The second-order valence-corrected chi connectivity index (χ2v) is 6.62. The van der Waals surface area contributed by atoms with Crippen molar-refractivity contribution in [2.45, 2.75) is 19.0 Å². The molecule has 1 atom stereocenters. The fraction of sp³-hybridized carbons (Fsp3) is 0.182. The van der Waals surface area contributed by atoms with Gasteiger partial charge in [-0.25, -0.2) is 9.48 Å². The van der Waals surface area contributed by atoms with Crippen molar-refractivity contribution in [1.82, 2.24) is 14.8 Å². The number of benzene rings is 2. The summed E-state index contributed by atoms with van der Waals surface area (Å²) in [5.41, 5.74) is 2.56. The number of nitrogens with one attached hydrogen (secondary N) is 1. The SMILES string of the molecule is O=C(Nc1cccc(C#Cc2cnn(C(F)F)c2)c1)N1OCC[C@H]1c1ccccc1. The predicted octanol–water partition coefficient (Wildman–Crippen LogP) is 4.59. The first kappa shape index (κ1) is 19.6. The lowest BCUT2D eigenvalue weighted by Crippen LogP contribution is -2.33. The minimum Gasteiger partial charge on any atom is -0.306 e. The minimum absolute atomic E-state index is 0.152. The van der Waals surface area contributed by atoms with E-state index < -0.39 is 6.55 Å². The van der Waals surface area contributed by atoms with E-state index in [1.165, 1.54) is 17.5 Å². The monoisotopic (exact) mass is 408 g/mol. The second-order valence-electron chi connectivity index (χ2n) is 6.62. The molecule has 1 aliphatic rings. The van der Waals surface area contributed by atoms with E-state index in [1.807, 2.05) is 30.3 Å². The number of hydroxylamine groups is 2. The quantitative estimate of drug-likeness (QED) is 0.645. The third kappa shape index (κ3) is 4.47. The number of nitrogens with zero attached hydrogens (tertiary/aromatic N) is 3. The van der Waals surface area contributed by atoms with Crippen LogP contribution in [0.2, 0.25) is 0 Å². The number of anilines is 1. The third-order valence-electron chi connectivity index (χ3n) is 4.56. The van der Waals surface area contributed by atoms with Gasteiger partial charge in [0.25, 0.3) is 0 Å². The molecule has 0 aliphatic carbocycles. The molecular weight excluding hydrogens is 390 g/mol. The molecular formula is C22H18F2N4O2. The van der Waals surface area contributed by atoms with Gasteiger partial charge in [0.15, 0.2) is 0 Å². The number of halogens is 2. The molecule has 0 unspecified atom stereocenters. The Morgan fingerprint density at radius 1 is 1.13 bits per heavy atom. The van der Waals surface area contributed by atoms with Crippen LogP contribution in [0.25, 0.3) is 0 Å². The predicted molar refractivity (Wildman–Crippen MR) is 107 cm³/mol. The molecule has 3 aromatic rings. The first-order valence-electron chi connectivity index (χ1n) is 9.32.